The third-order valence-electron chi connectivity index (χ3n) is 4.70. The van der Waals surface area contributed by atoms with Crippen LogP contribution in [0.3, 0.4) is 0 Å². The molecule has 0 aliphatic carbocycles. The third-order valence-corrected chi connectivity index (χ3v) is 6.42. The minimum atomic E-state index is -3.77. The molecule has 0 unspecified atom stereocenters. The van der Waals surface area contributed by atoms with Crippen LogP contribution in [-0.2, 0) is 9.84 Å². The lowest BCUT2D eigenvalue weighted by atomic mass is 10.1. The third kappa shape index (κ3) is 3.50. The van der Waals surface area contributed by atoms with Crippen molar-refractivity contribution < 1.29 is 17.9 Å². The van der Waals surface area contributed by atoms with E-state index in [0.717, 1.165) is 25.9 Å². The summed E-state index contributed by atoms with van der Waals surface area (Å²) in [5, 5.41) is 10.7. The van der Waals surface area contributed by atoms with Gasteiger partial charge in [0.1, 0.15) is 17.6 Å². The highest BCUT2D eigenvalue weighted by atomic mass is 32.2. The molecule has 27 heavy (non-hydrogen) atoms. The number of piperidine rings is 1. The molecule has 142 valence electrons. The summed E-state index contributed by atoms with van der Waals surface area (Å²) in [6.45, 7) is 1.85. The lowest BCUT2D eigenvalue weighted by molar-refractivity contribution is 0.162. The molecule has 1 aromatic heterocycles. The SMILES string of the molecule is COc1cccc(S(=O)(=O)c2[nH]nc3ccc(OC4CCNCC4)cc23)c1. The van der Waals surface area contributed by atoms with Crippen LogP contribution in [0.1, 0.15) is 12.8 Å². The summed E-state index contributed by atoms with van der Waals surface area (Å²) in [5.74, 6) is 1.13. The summed E-state index contributed by atoms with van der Waals surface area (Å²) in [7, 11) is -2.27. The maximum Gasteiger partial charge on any atom is 0.224 e. The minimum Gasteiger partial charge on any atom is -0.497 e. The summed E-state index contributed by atoms with van der Waals surface area (Å²) in [6, 6.07) is 11.7. The van der Waals surface area contributed by atoms with Crippen molar-refractivity contribution in [1.29, 1.82) is 0 Å². The van der Waals surface area contributed by atoms with Crippen LogP contribution in [0.2, 0.25) is 0 Å². The number of hydrogen-bond acceptors (Lipinski definition) is 6. The molecule has 0 atom stereocenters. The van der Waals surface area contributed by atoms with E-state index in [9.17, 15) is 8.42 Å². The first-order valence-electron chi connectivity index (χ1n) is 8.82. The summed E-state index contributed by atoms with van der Waals surface area (Å²) >= 11 is 0. The Morgan fingerprint density at radius 2 is 1.89 bits per heavy atom. The fourth-order valence-corrected chi connectivity index (χ4v) is 4.62. The number of ether oxygens (including phenoxy) is 2. The quantitative estimate of drug-likeness (QED) is 0.699. The highest BCUT2D eigenvalue weighted by Crippen LogP contribution is 2.31. The molecule has 1 aliphatic heterocycles. The molecule has 2 aromatic carbocycles. The molecule has 2 heterocycles. The van der Waals surface area contributed by atoms with Crippen LogP contribution >= 0.6 is 0 Å². The predicted octanol–water partition coefficient (Wildman–Crippen LogP) is 2.54. The molecule has 7 nitrogen and oxygen atoms in total. The summed E-state index contributed by atoms with van der Waals surface area (Å²) in [6.07, 6.45) is 1.99. The zero-order chi connectivity index (χ0) is 18.9. The molecule has 8 heteroatoms. The highest BCUT2D eigenvalue weighted by molar-refractivity contribution is 7.91. The van der Waals surface area contributed by atoms with E-state index in [-0.39, 0.29) is 16.0 Å². The highest BCUT2D eigenvalue weighted by Gasteiger charge is 2.24. The van der Waals surface area contributed by atoms with Crippen LogP contribution in [0.4, 0.5) is 0 Å². The van der Waals surface area contributed by atoms with Crippen LogP contribution in [0, 0.1) is 0 Å². The Kier molecular flexibility index (Phi) is 4.75. The van der Waals surface area contributed by atoms with Gasteiger partial charge in [0.2, 0.25) is 9.84 Å². The molecule has 0 saturated carbocycles. The van der Waals surface area contributed by atoms with Gasteiger partial charge in [-0.2, -0.15) is 5.10 Å². The fraction of sp³-hybridized carbons (Fsp3) is 0.316. The molecular weight excluding hydrogens is 366 g/mol. The Morgan fingerprint density at radius 1 is 1.07 bits per heavy atom. The monoisotopic (exact) mass is 387 g/mol. The Morgan fingerprint density at radius 3 is 2.67 bits per heavy atom. The minimum absolute atomic E-state index is 0.0570. The van der Waals surface area contributed by atoms with E-state index in [1.807, 2.05) is 6.07 Å². The number of nitrogens with zero attached hydrogens (tertiary/aromatic N) is 1. The van der Waals surface area contributed by atoms with Gasteiger partial charge < -0.3 is 14.8 Å². The molecule has 2 N–H and O–H groups in total. The summed E-state index contributed by atoms with van der Waals surface area (Å²) in [4.78, 5) is 0.150. The molecule has 1 fully saturated rings. The Bertz CT molecular complexity index is 1060. The average molecular weight is 387 g/mol. The van der Waals surface area contributed by atoms with E-state index in [1.54, 1.807) is 30.3 Å². The van der Waals surface area contributed by atoms with E-state index in [2.05, 4.69) is 15.5 Å². The van der Waals surface area contributed by atoms with E-state index < -0.39 is 9.84 Å². The molecule has 4 rings (SSSR count). The van der Waals surface area contributed by atoms with Gasteiger partial charge in [-0.1, -0.05) is 6.07 Å². The maximum atomic E-state index is 13.1. The van der Waals surface area contributed by atoms with Crippen molar-refractivity contribution in [1.82, 2.24) is 15.5 Å². The second-order valence-corrected chi connectivity index (χ2v) is 8.37. The Balaban J connectivity index is 1.71. The standard InChI is InChI=1S/C19H21N3O4S/c1-25-14-3-2-4-16(11-14)27(23,24)19-17-12-15(5-6-18(17)21-22-19)26-13-7-9-20-10-8-13/h2-6,11-13,20H,7-10H2,1H3,(H,21,22). The van der Waals surface area contributed by atoms with Crippen LogP contribution in [0.5, 0.6) is 11.5 Å². The molecule has 0 bridgehead atoms. The number of H-pyrrole nitrogens is 1. The number of aromatic amines is 1. The molecule has 0 radical (unpaired) electrons. The molecule has 1 aliphatic rings. The van der Waals surface area contributed by atoms with Crippen molar-refractivity contribution in [2.75, 3.05) is 20.2 Å². The van der Waals surface area contributed by atoms with Gasteiger partial charge in [-0.15, -0.1) is 0 Å². The normalized spacial score (nSPS) is 15.7. The number of aromatic nitrogens is 2. The van der Waals surface area contributed by atoms with Gasteiger partial charge in [0.25, 0.3) is 0 Å². The van der Waals surface area contributed by atoms with Crippen LogP contribution in [0.25, 0.3) is 10.9 Å². The lowest BCUT2D eigenvalue weighted by Crippen LogP contribution is -2.34. The van der Waals surface area contributed by atoms with Crippen LogP contribution in [-0.4, -0.2) is 44.9 Å². The van der Waals surface area contributed by atoms with Crippen LogP contribution < -0.4 is 14.8 Å². The number of sulfone groups is 1. The van der Waals surface area contributed by atoms with E-state index in [4.69, 9.17) is 9.47 Å². The fourth-order valence-electron chi connectivity index (χ4n) is 3.24. The smallest absolute Gasteiger partial charge is 0.224 e. The van der Waals surface area contributed by atoms with Gasteiger partial charge in [-0.25, -0.2) is 8.42 Å². The molecule has 0 spiro atoms. The zero-order valence-electron chi connectivity index (χ0n) is 14.9. The molecular formula is C19H21N3O4S. The number of fused-ring (bicyclic) bond motifs is 1. The number of rotatable bonds is 5. The van der Waals surface area contributed by atoms with Crippen molar-refractivity contribution in [3.05, 3.63) is 42.5 Å². The maximum absolute atomic E-state index is 13.1. The van der Waals surface area contributed by atoms with Crippen molar-refractivity contribution >= 4 is 20.7 Å². The second-order valence-electron chi connectivity index (χ2n) is 6.48. The second kappa shape index (κ2) is 7.21. The van der Waals surface area contributed by atoms with E-state index >= 15 is 0 Å². The lowest BCUT2D eigenvalue weighted by Gasteiger charge is -2.23. The first kappa shape index (κ1) is 17.8. The van der Waals surface area contributed by atoms with Gasteiger partial charge in [-0.05, 0) is 62.3 Å². The molecule has 1 saturated heterocycles. The van der Waals surface area contributed by atoms with Gasteiger partial charge in [0.15, 0.2) is 5.03 Å². The van der Waals surface area contributed by atoms with E-state index in [0.29, 0.717) is 22.4 Å². The first-order chi connectivity index (χ1) is 13.1. The van der Waals surface area contributed by atoms with Crippen molar-refractivity contribution in [3.8, 4) is 11.5 Å². The average Bonchev–Trinajstić information content (AvgIpc) is 3.13. The van der Waals surface area contributed by atoms with Crippen molar-refractivity contribution in [2.45, 2.75) is 28.9 Å². The van der Waals surface area contributed by atoms with Crippen molar-refractivity contribution in [3.63, 3.8) is 0 Å². The van der Waals surface area contributed by atoms with Crippen molar-refractivity contribution in [2.24, 2.45) is 0 Å². The van der Waals surface area contributed by atoms with Crippen LogP contribution in [0.15, 0.2) is 52.4 Å². The van der Waals surface area contributed by atoms with Gasteiger partial charge in [0.05, 0.1) is 17.5 Å². The number of nitrogens with one attached hydrogen (secondary N) is 2. The first-order valence-corrected chi connectivity index (χ1v) is 10.3. The summed E-state index contributed by atoms with van der Waals surface area (Å²) < 4.78 is 37.4. The Hall–Kier alpha value is -2.58. The zero-order valence-corrected chi connectivity index (χ0v) is 15.8. The van der Waals surface area contributed by atoms with E-state index in [1.165, 1.54) is 13.2 Å². The predicted molar refractivity (Wildman–Crippen MR) is 101 cm³/mol. The Labute approximate surface area is 157 Å². The summed E-state index contributed by atoms with van der Waals surface area (Å²) in [5.41, 5.74) is 0.578. The largest absolute Gasteiger partial charge is 0.497 e. The number of benzene rings is 2. The van der Waals surface area contributed by atoms with Gasteiger partial charge in [0, 0.05) is 5.39 Å². The molecule has 0 amide bonds. The topological polar surface area (TPSA) is 93.3 Å². The molecule has 3 aromatic rings. The number of methoxy groups -OCH3 is 1. The van der Waals surface area contributed by atoms with Gasteiger partial charge >= 0.3 is 0 Å². The number of hydrogen-bond donors (Lipinski definition) is 2. The van der Waals surface area contributed by atoms with Gasteiger partial charge in [-0.3, -0.25) is 5.10 Å².